The summed E-state index contributed by atoms with van der Waals surface area (Å²) in [5.41, 5.74) is 0.923. The van der Waals surface area contributed by atoms with E-state index in [0.29, 0.717) is 16.5 Å². The molecule has 2 fully saturated rings. The van der Waals surface area contributed by atoms with Gasteiger partial charge < -0.3 is 10.2 Å². The molecule has 8 heteroatoms. The van der Waals surface area contributed by atoms with Crippen molar-refractivity contribution in [2.75, 3.05) is 16.8 Å². The molecule has 1 aliphatic heterocycles. The first-order chi connectivity index (χ1) is 13.2. The van der Waals surface area contributed by atoms with E-state index in [9.17, 15) is 10.1 Å². The lowest BCUT2D eigenvalue weighted by Gasteiger charge is -2.39. The van der Waals surface area contributed by atoms with Crippen LogP contribution in [0.5, 0.6) is 0 Å². The standard InChI is InChI=1S/C20H24ClN5O2/c1-19(2)8-15-9-20(3,10-19)11-25(15)18-16(26(27)28)17(22-12-23-18)24-14-6-4-5-13(21)7-14/h4-7,12,15H,8-11H2,1-3H3,(H,22,23,24). The van der Waals surface area contributed by atoms with Gasteiger partial charge in [0.05, 0.1) is 4.92 Å². The molecule has 148 valence electrons. The molecule has 2 aromatic rings. The van der Waals surface area contributed by atoms with E-state index in [1.54, 1.807) is 24.3 Å². The molecule has 1 N–H and O–H groups in total. The number of hydrogen-bond donors (Lipinski definition) is 1. The quantitative estimate of drug-likeness (QED) is 0.560. The molecule has 2 unspecified atom stereocenters. The van der Waals surface area contributed by atoms with Gasteiger partial charge in [-0.25, -0.2) is 9.97 Å². The Hall–Kier alpha value is -2.41. The van der Waals surface area contributed by atoms with E-state index in [4.69, 9.17) is 11.6 Å². The fourth-order valence-electron chi connectivity index (χ4n) is 5.25. The summed E-state index contributed by atoms with van der Waals surface area (Å²) in [7, 11) is 0. The van der Waals surface area contributed by atoms with E-state index >= 15 is 0 Å². The zero-order valence-corrected chi connectivity index (χ0v) is 17.0. The van der Waals surface area contributed by atoms with Crippen molar-refractivity contribution in [2.24, 2.45) is 10.8 Å². The number of rotatable bonds is 4. The predicted molar refractivity (Wildman–Crippen MR) is 110 cm³/mol. The summed E-state index contributed by atoms with van der Waals surface area (Å²) in [4.78, 5) is 22.2. The Kier molecular flexibility index (Phi) is 4.45. The van der Waals surface area contributed by atoms with E-state index in [0.717, 1.165) is 25.8 Å². The predicted octanol–water partition coefficient (Wildman–Crippen LogP) is 5.19. The molecule has 2 heterocycles. The molecule has 7 nitrogen and oxygen atoms in total. The first-order valence-corrected chi connectivity index (χ1v) is 9.82. The van der Waals surface area contributed by atoms with Gasteiger partial charge in [-0.1, -0.05) is 38.4 Å². The highest BCUT2D eigenvalue weighted by atomic mass is 35.5. The first kappa shape index (κ1) is 18.9. The van der Waals surface area contributed by atoms with E-state index in [2.05, 4.69) is 41.0 Å². The summed E-state index contributed by atoms with van der Waals surface area (Å²) in [6.07, 6.45) is 4.54. The highest BCUT2D eigenvalue weighted by Gasteiger charge is 2.51. The van der Waals surface area contributed by atoms with Crippen LogP contribution in [0.4, 0.5) is 23.0 Å². The average Bonchev–Trinajstić information content (AvgIpc) is 2.83. The molecule has 1 saturated carbocycles. The average molecular weight is 402 g/mol. The van der Waals surface area contributed by atoms with E-state index in [-0.39, 0.29) is 28.4 Å². The first-order valence-electron chi connectivity index (χ1n) is 9.45. The van der Waals surface area contributed by atoms with E-state index in [1.165, 1.54) is 6.33 Å². The van der Waals surface area contributed by atoms with Crippen molar-refractivity contribution in [2.45, 2.75) is 46.1 Å². The minimum atomic E-state index is -0.391. The topological polar surface area (TPSA) is 84.2 Å². The Labute approximate surface area is 169 Å². The van der Waals surface area contributed by atoms with Gasteiger partial charge in [0.25, 0.3) is 0 Å². The molecular formula is C20H24ClN5O2. The van der Waals surface area contributed by atoms with Crippen LogP contribution < -0.4 is 10.2 Å². The fourth-order valence-corrected chi connectivity index (χ4v) is 5.44. The molecule has 1 aliphatic carbocycles. The molecule has 1 aromatic heterocycles. The number of hydrogen-bond acceptors (Lipinski definition) is 6. The van der Waals surface area contributed by atoms with Gasteiger partial charge in [-0.05, 0) is 48.3 Å². The number of anilines is 3. The number of nitro groups is 1. The van der Waals surface area contributed by atoms with Crippen molar-refractivity contribution in [1.29, 1.82) is 0 Å². The van der Waals surface area contributed by atoms with Crippen molar-refractivity contribution < 1.29 is 4.92 Å². The molecule has 0 amide bonds. The van der Waals surface area contributed by atoms with E-state index in [1.807, 2.05) is 0 Å². The Morgan fingerprint density at radius 2 is 2.07 bits per heavy atom. The van der Waals surface area contributed by atoms with Crippen LogP contribution in [-0.2, 0) is 0 Å². The van der Waals surface area contributed by atoms with Crippen LogP contribution in [0, 0.1) is 20.9 Å². The van der Waals surface area contributed by atoms with E-state index < -0.39 is 4.92 Å². The zero-order valence-electron chi connectivity index (χ0n) is 16.3. The number of nitrogens with zero attached hydrogens (tertiary/aromatic N) is 4. The molecule has 1 aromatic carbocycles. The molecule has 0 radical (unpaired) electrons. The Bertz CT molecular complexity index is 935. The maximum Gasteiger partial charge on any atom is 0.353 e. The molecule has 28 heavy (non-hydrogen) atoms. The molecule has 4 rings (SSSR count). The van der Waals surface area contributed by atoms with Crippen LogP contribution in [-0.4, -0.2) is 27.5 Å². The van der Waals surface area contributed by atoms with Crippen LogP contribution in [0.3, 0.4) is 0 Å². The second kappa shape index (κ2) is 6.58. The smallest absolute Gasteiger partial charge is 0.347 e. The van der Waals surface area contributed by atoms with Gasteiger partial charge in [0.2, 0.25) is 11.6 Å². The van der Waals surface area contributed by atoms with Gasteiger partial charge in [-0.2, -0.15) is 0 Å². The van der Waals surface area contributed by atoms with Crippen molar-refractivity contribution in [3.63, 3.8) is 0 Å². The lowest BCUT2D eigenvalue weighted by atomic mass is 9.65. The molecule has 2 atom stereocenters. The van der Waals surface area contributed by atoms with Crippen molar-refractivity contribution in [3.8, 4) is 0 Å². The second-order valence-electron chi connectivity index (χ2n) is 9.13. The maximum absolute atomic E-state index is 12.0. The third-order valence-corrected chi connectivity index (χ3v) is 5.99. The van der Waals surface area contributed by atoms with Crippen molar-refractivity contribution in [1.82, 2.24) is 9.97 Å². The summed E-state index contributed by atoms with van der Waals surface area (Å²) in [5.74, 6) is 0.582. The van der Waals surface area contributed by atoms with Gasteiger partial charge in [0.1, 0.15) is 6.33 Å². The zero-order chi connectivity index (χ0) is 20.1. The lowest BCUT2D eigenvalue weighted by molar-refractivity contribution is -0.383. The Morgan fingerprint density at radius 1 is 1.29 bits per heavy atom. The maximum atomic E-state index is 12.0. The van der Waals surface area contributed by atoms with Gasteiger partial charge in [-0.3, -0.25) is 10.1 Å². The van der Waals surface area contributed by atoms with Crippen molar-refractivity contribution in [3.05, 3.63) is 45.7 Å². The summed E-state index contributed by atoms with van der Waals surface area (Å²) in [6.45, 7) is 7.61. The molecule has 2 aliphatic rings. The van der Waals surface area contributed by atoms with Gasteiger partial charge in [0.15, 0.2) is 0 Å². The second-order valence-corrected chi connectivity index (χ2v) is 9.57. The molecule has 1 saturated heterocycles. The van der Waals surface area contributed by atoms with Gasteiger partial charge in [-0.15, -0.1) is 0 Å². The monoisotopic (exact) mass is 401 g/mol. The molecule has 2 bridgehead atoms. The minimum absolute atomic E-state index is 0.0866. The van der Waals surface area contributed by atoms with Crippen LogP contribution in [0.15, 0.2) is 30.6 Å². The minimum Gasteiger partial charge on any atom is -0.347 e. The normalized spacial score (nSPS) is 25.6. The number of fused-ring (bicyclic) bond motifs is 2. The number of benzene rings is 1. The fraction of sp³-hybridized carbons (Fsp3) is 0.500. The number of nitrogens with one attached hydrogen (secondary N) is 1. The lowest BCUT2D eigenvalue weighted by Crippen LogP contribution is -2.35. The van der Waals surface area contributed by atoms with Crippen LogP contribution >= 0.6 is 11.6 Å². The Balaban J connectivity index is 1.73. The summed E-state index contributed by atoms with van der Waals surface area (Å²) in [6, 6.07) is 7.29. The number of aromatic nitrogens is 2. The highest BCUT2D eigenvalue weighted by Crippen LogP contribution is 2.54. The molecule has 0 spiro atoms. The van der Waals surface area contributed by atoms with Crippen molar-refractivity contribution >= 4 is 34.6 Å². The summed E-state index contributed by atoms with van der Waals surface area (Å²) >= 11 is 6.04. The Morgan fingerprint density at radius 3 is 2.79 bits per heavy atom. The molecular weight excluding hydrogens is 378 g/mol. The van der Waals surface area contributed by atoms with Crippen LogP contribution in [0.25, 0.3) is 0 Å². The van der Waals surface area contributed by atoms with Gasteiger partial charge in [0, 0.05) is 23.3 Å². The largest absolute Gasteiger partial charge is 0.353 e. The van der Waals surface area contributed by atoms with Gasteiger partial charge >= 0.3 is 5.69 Å². The summed E-state index contributed by atoms with van der Waals surface area (Å²) < 4.78 is 0. The van der Waals surface area contributed by atoms with Crippen LogP contribution in [0.1, 0.15) is 40.0 Å². The highest BCUT2D eigenvalue weighted by molar-refractivity contribution is 6.30. The number of halogens is 1. The van der Waals surface area contributed by atoms with Crippen LogP contribution in [0.2, 0.25) is 5.02 Å². The SMILES string of the molecule is CC1(C)CC2CC(C)(CN2c2ncnc(Nc3cccc(Cl)c3)c2[N+](=O)[O-])C1. The third kappa shape index (κ3) is 3.51. The third-order valence-electron chi connectivity index (χ3n) is 5.76. The summed E-state index contributed by atoms with van der Waals surface area (Å²) in [5, 5.41) is 15.6.